The number of morpholine rings is 1. The molecule has 2 fully saturated rings. The van der Waals surface area contributed by atoms with Crippen molar-refractivity contribution >= 4 is 29.9 Å². The van der Waals surface area contributed by atoms with Crippen molar-refractivity contribution in [2.24, 2.45) is 4.99 Å². The molecule has 2 aliphatic rings. The smallest absolute Gasteiger partial charge is 0.191 e. The van der Waals surface area contributed by atoms with Gasteiger partial charge in [-0.3, -0.25) is 9.89 Å². The predicted molar refractivity (Wildman–Crippen MR) is 134 cm³/mol. The molecular formula is C23H39IN4O2. The average Bonchev–Trinajstić information content (AvgIpc) is 2.77. The molecule has 1 aromatic rings. The van der Waals surface area contributed by atoms with Crippen molar-refractivity contribution in [3.05, 3.63) is 35.4 Å². The van der Waals surface area contributed by atoms with E-state index in [2.05, 4.69) is 60.6 Å². The minimum atomic E-state index is 0. The van der Waals surface area contributed by atoms with Crippen LogP contribution in [0.5, 0.6) is 0 Å². The zero-order chi connectivity index (χ0) is 20.5. The largest absolute Gasteiger partial charge is 0.381 e. The van der Waals surface area contributed by atoms with Crippen LogP contribution in [0.1, 0.15) is 37.8 Å². The number of nitrogens with one attached hydrogen (secondary N) is 2. The van der Waals surface area contributed by atoms with Gasteiger partial charge in [0.25, 0.3) is 0 Å². The third-order valence-electron chi connectivity index (χ3n) is 6.28. The normalized spacial score (nSPS) is 20.8. The Morgan fingerprint density at radius 3 is 2.43 bits per heavy atom. The highest BCUT2D eigenvalue weighted by atomic mass is 127. The second kappa shape index (κ2) is 12.8. The van der Waals surface area contributed by atoms with Crippen molar-refractivity contribution in [2.45, 2.75) is 45.1 Å². The Morgan fingerprint density at radius 2 is 1.77 bits per heavy atom. The van der Waals surface area contributed by atoms with Crippen molar-refractivity contribution in [3.63, 3.8) is 0 Å². The second-order valence-electron chi connectivity index (χ2n) is 8.28. The number of hydrogen-bond donors (Lipinski definition) is 2. The van der Waals surface area contributed by atoms with Gasteiger partial charge in [-0.15, -0.1) is 24.0 Å². The van der Waals surface area contributed by atoms with Crippen molar-refractivity contribution in [1.82, 2.24) is 15.5 Å². The third kappa shape index (κ3) is 6.80. The van der Waals surface area contributed by atoms with Crippen LogP contribution in [0.2, 0.25) is 0 Å². The maximum absolute atomic E-state index is 5.69. The molecule has 0 spiro atoms. The molecule has 0 aliphatic carbocycles. The third-order valence-corrected chi connectivity index (χ3v) is 6.28. The van der Waals surface area contributed by atoms with Crippen LogP contribution >= 0.6 is 24.0 Å². The quantitative estimate of drug-likeness (QED) is 0.323. The van der Waals surface area contributed by atoms with Crippen LogP contribution < -0.4 is 10.6 Å². The van der Waals surface area contributed by atoms with E-state index >= 15 is 0 Å². The van der Waals surface area contributed by atoms with Crippen LogP contribution in [-0.4, -0.2) is 76.1 Å². The van der Waals surface area contributed by atoms with Gasteiger partial charge in [0.2, 0.25) is 0 Å². The Balaban J connectivity index is 0.00000320. The Hall–Kier alpha value is -0.900. The van der Waals surface area contributed by atoms with Gasteiger partial charge in [-0.05, 0) is 44.7 Å². The number of hydrogen-bond acceptors (Lipinski definition) is 4. The number of rotatable bonds is 7. The van der Waals surface area contributed by atoms with Gasteiger partial charge in [0.15, 0.2) is 5.96 Å². The molecule has 2 aliphatic heterocycles. The van der Waals surface area contributed by atoms with Gasteiger partial charge < -0.3 is 20.1 Å². The SMILES string of the molecule is CCNC(=NCC1(c2ccccc2C)CCOCC1)NCC(C)N1CCOCC1.I. The predicted octanol–water partition coefficient (Wildman–Crippen LogP) is 2.94. The van der Waals surface area contributed by atoms with Gasteiger partial charge in [-0.2, -0.15) is 0 Å². The first-order valence-corrected chi connectivity index (χ1v) is 11.1. The van der Waals surface area contributed by atoms with E-state index in [1.54, 1.807) is 0 Å². The number of ether oxygens (including phenoxy) is 2. The molecule has 1 unspecified atom stereocenters. The van der Waals surface area contributed by atoms with E-state index in [-0.39, 0.29) is 29.4 Å². The summed E-state index contributed by atoms with van der Waals surface area (Å²) in [7, 11) is 0. The van der Waals surface area contributed by atoms with Gasteiger partial charge in [0.05, 0.1) is 19.8 Å². The minimum absolute atomic E-state index is 0. The van der Waals surface area contributed by atoms with Crippen LogP contribution in [0.15, 0.2) is 29.3 Å². The number of benzene rings is 1. The second-order valence-corrected chi connectivity index (χ2v) is 8.28. The van der Waals surface area contributed by atoms with Gasteiger partial charge in [0.1, 0.15) is 0 Å². The molecule has 1 atom stereocenters. The molecule has 7 heteroatoms. The Labute approximate surface area is 199 Å². The number of aliphatic imine (C=N–C) groups is 1. The molecule has 0 amide bonds. The zero-order valence-corrected chi connectivity index (χ0v) is 21.1. The molecule has 30 heavy (non-hydrogen) atoms. The maximum Gasteiger partial charge on any atom is 0.191 e. The van der Waals surface area contributed by atoms with E-state index in [0.29, 0.717) is 6.04 Å². The molecular weight excluding hydrogens is 491 g/mol. The summed E-state index contributed by atoms with van der Waals surface area (Å²) >= 11 is 0. The van der Waals surface area contributed by atoms with Crippen LogP contribution in [0.3, 0.4) is 0 Å². The van der Waals surface area contributed by atoms with Crippen molar-refractivity contribution < 1.29 is 9.47 Å². The van der Waals surface area contributed by atoms with Crippen LogP contribution in [0.25, 0.3) is 0 Å². The zero-order valence-electron chi connectivity index (χ0n) is 18.8. The summed E-state index contributed by atoms with van der Waals surface area (Å²) < 4.78 is 11.2. The van der Waals surface area contributed by atoms with Crippen LogP contribution in [0.4, 0.5) is 0 Å². The first kappa shape index (κ1) is 25.4. The highest BCUT2D eigenvalue weighted by molar-refractivity contribution is 14.0. The monoisotopic (exact) mass is 530 g/mol. The summed E-state index contributed by atoms with van der Waals surface area (Å²) in [5, 5.41) is 6.99. The summed E-state index contributed by atoms with van der Waals surface area (Å²) in [5.41, 5.74) is 2.83. The number of guanidine groups is 1. The lowest BCUT2D eigenvalue weighted by Crippen LogP contribution is -2.49. The lowest BCUT2D eigenvalue weighted by Gasteiger charge is -2.38. The van der Waals surface area contributed by atoms with E-state index in [4.69, 9.17) is 14.5 Å². The van der Waals surface area contributed by atoms with Crippen LogP contribution in [-0.2, 0) is 14.9 Å². The summed E-state index contributed by atoms with van der Waals surface area (Å²) in [6, 6.07) is 9.21. The fourth-order valence-electron chi connectivity index (χ4n) is 4.41. The first-order chi connectivity index (χ1) is 14.1. The number of nitrogens with zero attached hydrogens (tertiary/aromatic N) is 2. The fraction of sp³-hybridized carbons (Fsp3) is 0.696. The van der Waals surface area contributed by atoms with E-state index in [0.717, 1.165) is 78.0 Å². The highest BCUT2D eigenvalue weighted by Gasteiger charge is 2.35. The summed E-state index contributed by atoms with van der Waals surface area (Å²) in [6.45, 7) is 14.4. The van der Waals surface area contributed by atoms with E-state index in [9.17, 15) is 0 Å². The lowest BCUT2D eigenvalue weighted by molar-refractivity contribution is 0.0211. The van der Waals surface area contributed by atoms with E-state index < -0.39 is 0 Å². The molecule has 1 aromatic carbocycles. The topological polar surface area (TPSA) is 58.1 Å². The highest BCUT2D eigenvalue weighted by Crippen LogP contribution is 2.37. The van der Waals surface area contributed by atoms with Gasteiger partial charge in [-0.25, -0.2) is 0 Å². The lowest BCUT2D eigenvalue weighted by atomic mass is 9.72. The minimum Gasteiger partial charge on any atom is -0.381 e. The first-order valence-electron chi connectivity index (χ1n) is 11.1. The maximum atomic E-state index is 5.69. The van der Waals surface area contributed by atoms with Crippen molar-refractivity contribution in [2.75, 3.05) is 59.2 Å². The van der Waals surface area contributed by atoms with Crippen LogP contribution in [0, 0.1) is 6.92 Å². The molecule has 0 bridgehead atoms. The van der Waals surface area contributed by atoms with E-state index in [1.165, 1.54) is 11.1 Å². The molecule has 0 aromatic heterocycles. The van der Waals surface area contributed by atoms with E-state index in [1.807, 2.05) is 0 Å². The van der Waals surface area contributed by atoms with Crippen molar-refractivity contribution in [3.8, 4) is 0 Å². The molecule has 170 valence electrons. The molecule has 2 saturated heterocycles. The van der Waals surface area contributed by atoms with Gasteiger partial charge in [0, 0.05) is 50.8 Å². The Kier molecular flexibility index (Phi) is 10.8. The Morgan fingerprint density at radius 1 is 1.10 bits per heavy atom. The summed E-state index contributed by atoms with van der Waals surface area (Å²) in [5.74, 6) is 0.909. The number of aryl methyl sites for hydroxylation is 1. The standard InChI is InChI=1S/C23H38N4O2.HI/c1-4-24-22(25-17-20(3)27-11-15-29-16-12-27)26-18-23(9-13-28-14-10-23)21-8-6-5-7-19(21)2;/h5-8,20H,4,9-18H2,1-3H3,(H2,24,25,26);1H. The molecule has 0 saturated carbocycles. The molecule has 6 nitrogen and oxygen atoms in total. The summed E-state index contributed by atoms with van der Waals surface area (Å²) in [4.78, 5) is 7.52. The number of halogens is 1. The summed E-state index contributed by atoms with van der Waals surface area (Å²) in [6.07, 6.45) is 2.04. The van der Waals surface area contributed by atoms with Gasteiger partial charge >= 0.3 is 0 Å². The van der Waals surface area contributed by atoms with Gasteiger partial charge in [-0.1, -0.05) is 24.3 Å². The van der Waals surface area contributed by atoms with Crippen molar-refractivity contribution in [1.29, 1.82) is 0 Å². The fourth-order valence-corrected chi connectivity index (χ4v) is 4.41. The molecule has 0 radical (unpaired) electrons. The molecule has 3 rings (SSSR count). The molecule has 2 N–H and O–H groups in total. The Bertz CT molecular complexity index is 658. The average molecular weight is 530 g/mol. The molecule has 2 heterocycles.